The van der Waals surface area contributed by atoms with E-state index in [1.165, 1.54) is 24.0 Å². The van der Waals surface area contributed by atoms with Gasteiger partial charge in [0.1, 0.15) is 17.0 Å². The van der Waals surface area contributed by atoms with Crippen LogP contribution in [0.1, 0.15) is 69.9 Å². The lowest BCUT2D eigenvalue weighted by Gasteiger charge is -2.39. The molecule has 1 aromatic rings. The Morgan fingerprint density at radius 3 is 2.69 bits per heavy atom. The molecule has 35 heavy (non-hydrogen) atoms. The maximum atomic E-state index is 11.5. The van der Waals surface area contributed by atoms with E-state index in [4.69, 9.17) is 9.57 Å². The average Bonchev–Trinajstić information content (AvgIpc) is 3.49. The number of likely N-dealkylation sites (tertiary alicyclic amines) is 1. The third kappa shape index (κ3) is 4.24. The topological polar surface area (TPSA) is 80.6 Å². The van der Waals surface area contributed by atoms with Crippen LogP contribution in [0.25, 0.3) is 0 Å². The lowest BCUT2D eigenvalue weighted by Crippen LogP contribution is -2.44. The maximum Gasteiger partial charge on any atom is 0.316 e. The number of piperidine rings is 1. The summed E-state index contributed by atoms with van der Waals surface area (Å²) in [6.45, 7) is 7.34. The first-order valence-corrected chi connectivity index (χ1v) is 12.8. The van der Waals surface area contributed by atoms with Crippen molar-refractivity contribution < 1.29 is 14.4 Å². The number of carbonyl (C=O) groups is 1. The van der Waals surface area contributed by atoms with Gasteiger partial charge in [0, 0.05) is 66.5 Å². The molecule has 2 aliphatic carbocycles. The quantitative estimate of drug-likeness (QED) is 0.560. The number of ether oxygens (including phenoxy) is 1. The van der Waals surface area contributed by atoms with Crippen LogP contribution in [0.5, 0.6) is 5.75 Å². The van der Waals surface area contributed by atoms with Crippen LogP contribution < -0.4 is 4.74 Å². The van der Waals surface area contributed by atoms with Gasteiger partial charge in [0.15, 0.2) is 0 Å². The molecule has 7 nitrogen and oxygen atoms in total. The van der Waals surface area contributed by atoms with E-state index < -0.39 is 5.91 Å². The summed E-state index contributed by atoms with van der Waals surface area (Å²) in [4.78, 5) is 30.5. The second-order valence-electron chi connectivity index (χ2n) is 11.7. The van der Waals surface area contributed by atoms with Crippen LogP contribution in [0.2, 0.25) is 0 Å². The molecule has 6 rings (SSSR count). The number of nitrogens with zero attached hydrogens (tertiary/aromatic N) is 3. The molecule has 0 bridgehead atoms. The Kier molecular flexibility index (Phi) is 5.25. The molecular formula is C28H33N3O4. The first-order chi connectivity index (χ1) is 16.8. The molecule has 1 saturated carbocycles. The summed E-state index contributed by atoms with van der Waals surface area (Å²) in [7, 11) is 0. The van der Waals surface area contributed by atoms with Gasteiger partial charge in [0.2, 0.25) is 0 Å². The van der Waals surface area contributed by atoms with Crippen LogP contribution in [0.4, 0.5) is 0 Å². The fraction of sp³-hybridized carbons (Fsp3) is 0.571. The number of hydrogen-bond donors (Lipinski definition) is 0. The molecule has 2 fully saturated rings. The molecule has 0 aromatic heterocycles. The van der Waals surface area contributed by atoms with Crippen molar-refractivity contribution in [1.82, 2.24) is 4.90 Å². The number of carbonyl (C=O) groups excluding carboxylic acids is 1. The van der Waals surface area contributed by atoms with E-state index in [1.807, 2.05) is 6.08 Å². The number of amides is 1. The average molecular weight is 476 g/mol. The number of hydrogen-bond acceptors (Lipinski definition) is 6. The van der Waals surface area contributed by atoms with Crippen molar-refractivity contribution in [1.29, 1.82) is 0 Å². The fourth-order valence-electron chi connectivity index (χ4n) is 6.49. The maximum absolute atomic E-state index is 11.5. The summed E-state index contributed by atoms with van der Waals surface area (Å²) < 4.78 is 6.30. The van der Waals surface area contributed by atoms with Crippen molar-refractivity contribution in [2.24, 2.45) is 16.3 Å². The van der Waals surface area contributed by atoms with Gasteiger partial charge in [-0.3, -0.25) is 9.69 Å². The van der Waals surface area contributed by atoms with E-state index >= 15 is 0 Å². The second kappa shape index (κ2) is 8.12. The van der Waals surface area contributed by atoms with Crippen molar-refractivity contribution in [2.45, 2.75) is 82.0 Å². The number of allylic oxidation sites excluding steroid dienone is 2. The zero-order chi connectivity index (χ0) is 24.3. The minimum absolute atomic E-state index is 0.0788. The minimum atomic E-state index is -0.712. The zero-order valence-electron chi connectivity index (χ0n) is 20.6. The van der Waals surface area contributed by atoms with Crippen LogP contribution in [0.15, 0.2) is 52.3 Å². The van der Waals surface area contributed by atoms with E-state index in [2.05, 4.69) is 47.3 Å². The van der Waals surface area contributed by atoms with E-state index in [1.54, 1.807) is 12.2 Å². The second-order valence-corrected chi connectivity index (χ2v) is 11.7. The number of nitroso groups, excluding NO2 is 1. The Labute approximate surface area is 206 Å². The lowest BCUT2D eigenvalue weighted by molar-refractivity contribution is -0.114. The Morgan fingerprint density at radius 1 is 1.20 bits per heavy atom. The molecule has 7 heteroatoms. The highest BCUT2D eigenvalue weighted by Gasteiger charge is 2.53. The van der Waals surface area contributed by atoms with Crippen molar-refractivity contribution in [3.8, 4) is 5.75 Å². The summed E-state index contributed by atoms with van der Waals surface area (Å²) in [6.07, 6.45) is 12.5. The third-order valence-corrected chi connectivity index (χ3v) is 8.51. The Balaban J connectivity index is 1.05. The van der Waals surface area contributed by atoms with E-state index in [0.717, 1.165) is 56.8 Å². The molecule has 1 atom stereocenters. The van der Waals surface area contributed by atoms with Gasteiger partial charge in [-0.15, -0.1) is 4.91 Å². The van der Waals surface area contributed by atoms with Gasteiger partial charge in [-0.2, -0.15) is 0 Å². The summed E-state index contributed by atoms with van der Waals surface area (Å²) in [6, 6.07) is 6.82. The molecule has 0 N–H and O–H groups in total. The summed E-state index contributed by atoms with van der Waals surface area (Å²) in [5.41, 5.74) is 4.23. The normalized spacial score (nSPS) is 27.4. The van der Waals surface area contributed by atoms with Crippen molar-refractivity contribution in [2.75, 3.05) is 13.1 Å². The molecule has 2 spiro atoms. The predicted molar refractivity (Wildman–Crippen MR) is 133 cm³/mol. The zero-order valence-corrected chi connectivity index (χ0v) is 20.6. The Hall–Kier alpha value is -2.80. The van der Waals surface area contributed by atoms with Gasteiger partial charge in [0.05, 0.1) is 5.71 Å². The molecular weight excluding hydrogens is 442 g/mol. The van der Waals surface area contributed by atoms with Crippen LogP contribution in [0.3, 0.4) is 0 Å². The summed E-state index contributed by atoms with van der Waals surface area (Å²) in [5, 5.41) is 6.95. The summed E-state index contributed by atoms with van der Waals surface area (Å²) in [5.74, 6) is 0.485. The number of benzene rings is 1. The lowest BCUT2D eigenvalue weighted by atomic mass is 9.80. The molecule has 1 amide bonds. The molecule has 3 aliphatic heterocycles. The highest BCUT2D eigenvalue weighted by Crippen LogP contribution is 2.59. The molecule has 0 radical (unpaired) electrons. The highest BCUT2D eigenvalue weighted by atomic mass is 16.7. The number of fused-ring (bicyclic) bond motifs is 2. The fourth-order valence-corrected chi connectivity index (χ4v) is 6.49. The molecule has 1 unspecified atom stereocenters. The largest absolute Gasteiger partial charge is 0.488 e. The molecule has 1 saturated heterocycles. The monoisotopic (exact) mass is 475 g/mol. The Bertz CT molecular complexity index is 1150. The molecule has 1 aromatic carbocycles. The first-order valence-electron chi connectivity index (χ1n) is 12.8. The van der Waals surface area contributed by atoms with Crippen LogP contribution in [0, 0.1) is 10.8 Å². The molecule has 5 aliphatic rings. The number of oxime groups is 1. The predicted octanol–water partition coefficient (Wildman–Crippen LogP) is 5.19. The smallest absolute Gasteiger partial charge is 0.316 e. The minimum Gasteiger partial charge on any atom is -0.488 e. The standard InChI is InChI=1S/C28H33N3O4/c1-26(2)18-27(9-10-27)22-15-19(3-8-24(22)34-26)17-31-13-11-28(12-14-31)16-23(30-35-28)20-4-6-21(7-5-20)25(32)29-33/h3-4,6-8,15,20H,5,9-14,16-18H2,1-2H3. The van der Waals surface area contributed by atoms with E-state index in [-0.39, 0.29) is 17.1 Å². The van der Waals surface area contributed by atoms with Crippen molar-refractivity contribution in [3.05, 3.63) is 58.0 Å². The summed E-state index contributed by atoms with van der Waals surface area (Å²) >= 11 is 0. The van der Waals surface area contributed by atoms with Crippen LogP contribution >= 0.6 is 0 Å². The van der Waals surface area contributed by atoms with Crippen LogP contribution in [-0.4, -0.2) is 40.8 Å². The van der Waals surface area contributed by atoms with Gasteiger partial charge >= 0.3 is 5.91 Å². The highest BCUT2D eigenvalue weighted by molar-refractivity contribution is 5.98. The van der Waals surface area contributed by atoms with Gasteiger partial charge in [-0.25, -0.2) is 0 Å². The van der Waals surface area contributed by atoms with E-state index in [0.29, 0.717) is 17.4 Å². The van der Waals surface area contributed by atoms with Gasteiger partial charge in [-0.05, 0) is 51.2 Å². The SMILES string of the molecule is CC1(C)CC2(CC2)c2cc(CN3CCC4(CC3)CC(C3C=CC(C(=O)N=O)=CC3)=NO4)ccc2O1. The number of rotatable bonds is 4. The van der Waals surface area contributed by atoms with Gasteiger partial charge in [0.25, 0.3) is 0 Å². The Morgan fingerprint density at radius 2 is 2.00 bits per heavy atom. The van der Waals surface area contributed by atoms with E-state index in [9.17, 15) is 9.70 Å². The first kappa shape index (κ1) is 22.7. The van der Waals surface area contributed by atoms with Crippen LogP contribution in [-0.2, 0) is 21.6 Å². The van der Waals surface area contributed by atoms with Crippen molar-refractivity contribution >= 4 is 11.6 Å². The van der Waals surface area contributed by atoms with Crippen molar-refractivity contribution in [3.63, 3.8) is 0 Å². The molecule has 184 valence electrons. The van der Waals surface area contributed by atoms with Gasteiger partial charge < -0.3 is 9.57 Å². The van der Waals surface area contributed by atoms with Gasteiger partial charge in [-0.1, -0.05) is 35.5 Å². The molecule has 3 heterocycles. The third-order valence-electron chi connectivity index (χ3n) is 8.51.